The fourth-order valence-electron chi connectivity index (χ4n) is 1.67. The number of ether oxygens (including phenoxy) is 1. The summed E-state index contributed by atoms with van der Waals surface area (Å²) in [4.78, 5) is 0. The minimum Gasteiger partial charge on any atom is -0.385 e. The number of aromatic nitrogens is 4. The van der Waals surface area contributed by atoms with Crippen LogP contribution in [0, 0.1) is 5.92 Å². The van der Waals surface area contributed by atoms with Crippen LogP contribution in [0.5, 0.6) is 0 Å². The molecule has 0 amide bonds. The van der Waals surface area contributed by atoms with Crippen LogP contribution in [0.1, 0.15) is 6.92 Å². The number of hydrogen-bond acceptors (Lipinski definition) is 5. The van der Waals surface area contributed by atoms with Crippen LogP contribution in [0.2, 0.25) is 0 Å². The van der Waals surface area contributed by atoms with E-state index in [9.17, 15) is 0 Å². The first kappa shape index (κ1) is 12.5. The number of benzene rings is 1. The lowest BCUT2D eigenvalue weighted by Gasteiger charge is -2.13. The van der Waals surface area contributed by atoms with Crippen LogP contribution in [0.3, 0.4) is 0 Å². The first-order valence-electron chi connectivity index (χ1n) is 5.86. The summed E-state index contributed by atoms with van der Waals surface area (Å²) >= 11 is 0. The Kier molecular flexibility index (Phi) is 4.25. The van der Waals surface area contributed by atoms with Gasteiger partial charge < -0.3 is 10.1 Å². The van der Waals surface area contributed by atoms with Crippen LogP contribution in [0.15, 0.2) is 30.6 Å². The van der Waals surface area contributed by atoms with Crippen LogP contribution >= 0.6 is 0 Å². The largest absolute Gasteiger partial charge is 0.385 e. The van der Waals surface area contributed by atoms with Crippen molar-refractivity contribution in [2.45, 2.75) is 6.92 Å². The number of tetrazole rings is 1. The Balaban J connectivity index is 2.00. The smallest absolute Gasteiger partial charge is 0.143 e. The Morgan fingerprint density at radius 2 is 2.33 bits per heavy atom. The molecule has 2 rings (SSSR count). The molecule has 0 radical (unpaired) electrons. The molecule has 0 aliphatic heterocycles. The van der Waals surface area contributed by atoms with Gasteiger partial charge in [-0.15, -0.1) is 5.10 Å². The van der Waals surface area contributed by atoms with Gasteiger partial charge in [-0.2, -0.15) is 0 Å². The van der Waals surface area contributed by atoms with Gasteiger partial charge >= 0.3 is 0 Å². The molecule has 6 nitrogen and oxygen atoms in total. The van der Waals surface area contributed by atoms with Crippen molar-refractivity contribution in [3.8, 4) is 5.69 Å². The van der Waals surface area contributed by atoms with E-state index in [2.05, 4.69) is 27.8 Å². The second-order valence-corrected chi connectivity index (χ2v) is 4.25. The molecule has 0 aliphatic rings. The summed E-state index contributed by atoms with van der Waals surface area (Å²) in [5.74, 6) is 0.465. The molecular formula is C12H17N5O. The molecule has 1 atom stereocenters. The van der Waals surface area contributed by atoms with Crippen molar-refractivity contribution in [1.82, 2.24) is 20.2 Å². The molecule has 0 saturated heterocycles. The van der Waals surface area contributed by atoms with Crippen molar-refractivity contribution >= 4 is 5.69 Å². The summed E-state index contributed by atoms with van der Waals surface area (Å²) in [6.07, 6.45) is 1.58. The molecule has 0 bridgehead atoms. The van der Waals surface area contributed by atoms with E-state index in [1.807, 2.05) is 24.3 Å². The zero-order valence-electron chi connectivity index (χ0n) is 10.6. The summed E-state index contributed by atoms with van der Waals surface area (Å²) in [5, 5.41) is 14.5. The van der Waals surface area contributed by atoms with Crippen molar-refractivity contribution < 1.29 is 4.74 Å². The number of hydrogen-bond donors (Lipinski definition) is 1. The molecule has 96 valence electrons. The van der Waals surface area contributed by atoms with E-state index in [4.69, 9.17) is 4.74 Å². The van der Waals surface area contributed by atoms with Crippen molar-refractivity contribution in [3.63, 3.8) is 0 Å². The van der Waals surface area contributed by atoms with E-state index in [0.29, 0.717) is 5.92 Å². The lowest BCUT2D eigenvalue weighted by molar-refractivity contribution is 0.164. The van der Waals surface area contributed by atoms with Gasteiger partial charge in [0.2, 0.25) is 0 Å². The number of methoxy groups -OCH3 is 1. The van der Waals surface area contributed by atoms with Gasteiger partial charge in [0.05, 0.1) is 12.3 Å². The summed E-state index contributed by atoms with van der Waals surface area (Å²) in [7, 11) is 1.72. The molecule has 1 aromatic heterocycles. The van der Waals surface area contributed by atoms with Crippen molar-refractivity contribution in [2.24, 2.45) is 5.92 Å². The lowest BCUT2D eigenvalue weighted by Crippen LogP contribution is -2.15. The molecule has 1 unspecified atom stereocenters. The third-order valence-corrected chi connectivity index (χ3v) is 2.57. The minimum absolute atomic E-state index is 0.465. The van der Waals surface area contributed by atoms with Gasteiger partial charge in [-0.25, -0.2) is 4.68 Å². The third-order valence-electron chi connectivity index (χ3n) is 2.57. The summed E-state index contributed by atoms with van der Waals surface area (Å²) < 4.78 is 6.73. The number of nitrogens with zero attached hydrogens (tertiary/aromatic N) is 4. The van der Waals surface area contributed by atoms with E-state index in [-0.39, 0.29) is 0 Å². The standard InChI is InChI=1S/C12H17N5O/c1-10(8-18-2)7-13-11-4-3-5-12(6-11)17-9-14-15-16-17/h3-6,9-10,13H,7-8H2,1-2H3. The Labute approximate surface area is 106 Å². The fraction of sp³-hybridized carbons (Fsp3) is 0.417. The quantitative estimate of drug-likeness (QED) is 0.835. The maximum Gasteiger partial charge on any atom is 0.143 e. The first-order chi connectivity index (χ1) is 8.79. The van der Waals surface area contributed by atoms with Crippen LogP contribution in [0.4, 0.5) is 5.69 Å². The Morgan fingerprint density at radius 1 is 1.44 bits per heavy atom. The predicted octanol–water partition coefficient (Wildman–Crippen LogP) is 1.36. The molecular weight excluding hydrogens is 230 g/mol. The maximum absolute atomic E-state index is 5.10. The fourth-order valence-corrected chi connectivity index (χ4v) is 1.67. The van der Waals surface area contributed by atoms with Crippen LogP contribution in [-0.2, 0) is 4.74 Å². The average Bonchev–Trinajstić information content (AvgIpc) is 2.91. The Bertz CT molecular complexity index is 471. The Hall–Kier alpha value is -1.95. The lowest BCUT2D eigenvalue weighted by atomic mass is 10.2. The second-order valence-electron chi connectivity index (χ2n) is 4.25. The highest BCUT2D eigenvalue weighted by Crippen LogP contribution is 2.13. The van der Waals surface area contributed by atoms with E-state index in [1.165, 1.54) is 0 Å². The molecule has 1 heterocycles. The highest BCUT2D eigenvalue weighted by Gasteiger charge is 2.02. The van der Waals surface area contributed by atoms with Gasteiger partial charge in [-0.05, 0) is 34.5 Å². The molecule has 0 saturated carbocycles. The van der Waals surface area contributed by atoms with E-state index in [1.54, 1.807) is 18.1 Å². The van der Waals surface area contributed by atoms with Crippen molar-refractivity contribution in [3.05, 3.63) is 30.6 Å². The third kappa shape index (κ3) is 3.27. The SMILES string of the molecule is COCC(C)CNc1cccc(-n2cnnn2)c1. The molecule has 0 aliphatic carbocycles. The van der Waals surface area contributed by atoms with Gasteiger partial charge in [-0.1, -0.05) is 13.0 Å². The normalized spacial score (nSPS) is 12.3. The zero-order valence-corrected chi connectivity index (χ0v) is 10.6. The first-order valence-corrected chi connectivity index (χ1v) is 5.86. The number of anilines is 1. The van der Waals surface area contributed by atoms with Crippen molar-refractivity contribution in [2.75, 3.05) is 25.6 Å². The van der Waals surface area contributed by atoms with E-state index < -0.39 is 0 Å². The molecule has 1 aromatic carbocycles. The topological polar surface area (TPSA) is 64.9 Å². The molecule has 6 heteroatoms. The van der Waals surface area contributed by atoms with Gasteiger partial charge in [0.15, 0.2) is 0 Å². The summed E-state index contributed by atoms with van der Waals surface area (Å²) in [6.45, 7) is 3.76. The second kappa shape index (κ2) is 6.11. The van der Waals surface area contributed by atoms with Gasteiger partial charge in [-0.3, -0.25) is 0 Å². The molecule has 2 aromatic rings. The summed E-state index contributed by atoms with van der Waals surface area (Å²) in [6, 6.07) is 7.96. The Morgan fingerprint density at radius 3 is 3.06 bits per heavy atom. The predicted molar refractivity (Wildman–Crippen MR) is 68.7 cm³/mol. The van der Waals surface area contributed by atoms with Crippen molar-refractivity contribution in [1.29, 1.82) is 0 Å². The molecule has 1 N–H and O–H groups in total. The molecule has 0 spiro atoms. The van der Waals surface area contributed by atoms with E-state index >= 15 is 0 Å². The van der Waals surface area contributed by atoms with Gasteiger partial charge in [0.1, 0.15) is 6.33 Å². The van der Waals surface area contributed by atoms with Crippen LogP contribution < -0.4 is 5.32 Å². The average molecular weight is 247 g/mol. The highest BCUT2D eigenvalue weighted by molar-refractivity contribution is 5.50. The number of nitrogens with one attached hydrogen (secondary N) is 1. The minimum atomic E-state index is 0.465. The zero-order chi connectivity index (χ0) is 12.8. The van der Waals surface area contributed by atoms with Gasteiger partial charge in [0.25, 0.3) is 0 Å². The highest BCUT2D eigenvalue weighted by atomic mass is 16.5. The van der Waals surface area contributed by atoms with Gasteiger partial charge in [0, 0.05) is 19.3 Å². The monoisotopic (exact) mass is 247 g/mol. The van der Waals surface area contributed by atoms with E-state index in [0.717, 1.165) is 24.5 Å². The van der Waals surface area contributed by atoms with Crippen LogP contribution in [0.25, 0.3) is 5.69 Å². The molecule has 0 fully saturated rings. The molecule has 18 heavy (non-hydrogen) atoms. The maximum atomic E-state index is 5.10. The summed E-state index contributed by atoms with van der Waals surface area (Å²) in [5.41, 5.74) is 1.98. The van der Waals surface area contributed by atoms with Crippen LogP contribution in [-0.4, -0.2) is 40.5 Å². The number of rotatable bonds is 6.